The van der Waals surface area contributed by atoms with Gasteiger partial charge in [-0.15, -0.1) is 0 Å². The fourth-order valence-corrected chi connectivity index (χ4v) is 3.44. The van der Waals surface area contributed by atoms with Gasteiger partial charge in [-0.05, 0) is 70.9 Å². The second kappa shape index (κ2) is 11.8. The minimum atomic E-state index is -0.609. The minimum absolute atomic E-state index is 0.115. The molecule has 1 aromatic heterocycles. The molecule has 9 nitrogen and oxygen atoms in total. The molecular formula is C24H22BrN3O6. The van der Waals surface area contributed by atoms with E-state index in [1.165, 1.54) is 13.2 Å². The largest absolute Gasteiger partial charge is 0.497 e. The molecular weight excluding hydrogens is 506 g/mol. The van der Waals surface area contributed by atoms with Crippen LogP contribution in [0.1, 0.15) is 11.3 Å². The Balaban J connectivity index is 1.66. The van der Waals surface area contributed by atoms with Gasteiger partial charge in [-0.3, -0.25) is 4.79 Å². The number of hydrogen-bond acceptors (Lipinski definition) is 8. The van der Waals surface area contributed by atoms with E-state index in [1.54, 1.807) is 32.2 Å². The van der Waals surface area contributed by atoms with Gasteiger partial charge in [0.1, 0.15) is 42.1 Å². The molecule has 176 valence electrons. The standard InChI is InChI=1S/C24H22BrN3O6/c1-15-10-22(28-34-15)27-24(29)17(14-26)11-16-12-20(25)23(21(13-16)31-3)33-9-8-32-19-6-4-18(30-2)5-7-19/h4-7,10-13H,8-9H2,1-3H3,(H,27,28,29)/b17-11-. The second-order valence-electron chi connectivity index (χ2n) is 6.85. The number of amides is 1. The molecule has 3 aromatic rings. The number of anilines is 1. The van der Waals surface area contributed by atoms with Crippen LogP contribution in [-0.2, 0) is 4.79 Å². The highest BCUT2D eigenvalue weighted by atomic mass is 79.9. The zero-order chi connectivity index (χ0) is 24.5. The van der Waals surface area contributed by atoms with Gasteiger partial charge in [0.25, 0.3) is 5.91 Å². The monoisotopic (exact) mass is 527 g/mol. The van der Waals surface area contributed by atoms with Crippen LogP contribution in [0.2, 0.25) is 0 Å². The predicted octanol–water partition coefficient (Wildman–Crippen LogP) is 4.77. The Morgan fingerprint density at radius 3 is 2.44 bits per heavy atom. The average molecular weight is 528 g/mol. The van der Waals surface area contributed by atoms with Crippen molar-refractivity contribution in [3.8, 4) is 29.1 Å². The van der Waals surface area contributed by atoms with Crippen molar-refractivity contribution in [2.75, 3.05) is 32.8 Å². The Kier molecular flexibility index (Phi) is 8.54. The number of rotatable bonds is 10. The number of halogens is 1. The van der Waals surface area contributed by atoms with Gasteiger partial charge in [0.05, 0.1) is 18.7 Å². The Morgan fingerprint density at radius 1 is 1.12 bits per heavy atom. The number of aryl methyl sites for hydroxylation is 1. The molecule has 0 aliphatic rings. The SMILES string of the molecule is COc1ccc(OCCOc2c(Br)cc(/C=C(/C#N)C(=O)Nc3cc(C)on3)cc2OC)cc1. The van der Waals surface area contributed by atoms with Crippen molar-refractivity contribution in [2.24, 2.45) is 0 Å². The zero-order valence-electron chi connectivity index (χ0n) is 18.8. The summed E-state index contributed by atoms with van der Waals surface area (Å²) < 4.78 is 27.6. The average Bonchev–Trinajstić information content (AvgIpc) is 3.25. The van der Waals surface area contributed by atoms with E-state index in [1.807, 2.05) is 30.3 Å². The highest BCUT2D eigenvalue weighted by molar-refractivity contribution is 9.10. The summed E-state index contributed by atoms with van der Waals surface area (Å²) in [7, 11) is 3.10. The highest BCUT2D eigenvalue weighted by Crippen LogP contribution is 2.37. The zero-order valence-corrected chi connectivity index (χ0v) is 20.3. The van der Waals surface area contributed by atoms with Crippen molar-refractivity contribution in [1.29, 1.82) is 5.26 Å². The van der Waals surface area contributed by atoms with Crippen LogP contribution in [0.4, 0.5) is 5.82 Å². The Morgan fingerprint density at radius 2 is 1.82 bits per heavy atom. The van der Waals surface area contributed by atoms with E-state index in [2.05, 4.69) is 26.4 Å². The van der Waals surface area contributed by atoms with E-state index in [4.69, 9.17) is 23.5 Å². The normalized spacial score (nSPS) is 10.9. The summed E-state index contributed by atoms with van der Waals surface area (Å²) in [5.74, 6) is 2.49. The summed E-state index contributed by atoms with van der Waals surface area (Å²) >= 11 is 3.46. The number of nitrogens with one attached hydrogen (secondary N) is 1. The van der Waals surface area contributed by atoms with Crippen molar-refractivity contribution in [1.82, 2.24) is 5.16 Å². The molecule has 1 N–H and O–H groups in total. The molecule has 34 heavy (non-hydrogen) atoms. The van der Waals surface area contributed by atoms with Gasteiger partial charge in [-0.25, -0.2) is 0 Å². The summed E-state index contributed by atoms with van der Waals surface area (Å²) in [5.41, 5.74) is 0.449. The molecule has 0 radical (unpaired) electrons. The van der Waals surface area contributed by atoms with Crippen LogP contribution in [0.25, 0.3) is 6.08 Å². The molecule has 0 saturated heterocycles. The molecule has 2 aromatic carbocycles. The van der Waals surface area contributed by atoms with Gasteiger partial charge < -0.3 is 28.8 Å². The van der Waals surface area contributed by atoms with E-state index in [9.17, 15) is 10.1 Å². The summed E-state index contributed by atoms with van der Waals surface area (Å²) in [6.45, 7) is 2.27. The first-order valence-corrected chi connectivity index (χ1v) is 10.9. The molecule has 0 atom stereocenters. The number of aromatic nitrogens is 1. The first-order chi connectivity index (χ1) is 16.4. The minimum Gasteiger partial charge on any atom is -0.497 e. The smallest absolute Gasteiger partial charge is 0.267 e. The lowest BCUT2D eigenvalue weighted by molar-refractivity contribution is -0.112. The molecule has 0 bridgehead atoms. The second-order valence-corrected chi connectivity index (χ2v) is 7.71. The molecule has 10 heteroatoms. The predicted molar refractivity (Wildman–Crippen MR) is 128 cm³/mol. The van der Waals surface area contributed by atoms with E-state index < -0.39 is 5.91 Å². The van der Waals surface area contributed by atoms with Crippen molar-refractivity contribution in [2.45, 2.75) is 6.92 Å². The topological polar surface area (TPSA) is 116 Å². The molecule has 0 saturated carbocycles. The number of carbonyl (C=O) groups excluding carboxylic acids is 1. The van der Waals surface area contributed by atoms with E-state index >= 15 is 0 Å². The van der Waals surface area contributed by atoms with Gasteiger partial charge in [0.2, 0.25) is 0 Å². The first kappa shape index (κ1) is 24.7. The van der Waals surface area contributed by atoms with Crippen molar-refractivity contribution in [3.05, 3.63) is 63.8 Å². The van der Waals surface area contributed by atoms with E-state index in [0.29, 0.717) is 39.7 Å². The quantitative estimate of drug-likeness (QED) is 0.227. The van der Waals surface area contributed by atoms with Gasteiger partial charge in [0, 0.05) is 6.07 Å². The summed E-state index contributed by atoms with van der Waals surface area (Å²) in [6.07, 6.45) is 1.44. The fraction of sp³-hybridized carbons (Fsp3) is 0.208. The van der Waals surface area contributed by atoms with Gasteiger partial charge in [-0.2, -0.15) is 5.26 Å². The van der Waals surface area contributed by atoms with Crippen LogP contribution >= 0.6 is 15.9 Å². The van der Waals surface area contributed by atoms with Crippen LogP contribution in [0.15, 0.2) is 57.0 Å². The molecule has 3 rings (SSSR count). The highest BCUT2D eigenvalue weighted by Gasteiger charge is 2.15. The maximum Gasteiger partial charge on any atom is 0.267 e. The Bertz CT molecular complexity index is 1210. The lowest BCUT2D eigenvalue weighted by Crippen LogP contribution is -2.13. The fourth-order valence-electron chi connectivity index (χ4n) is 2.86. The van der Waals surface area contributed by atoms with Crippen LogP contribution in [0.3, 0.4) is 0 Å². The summed E-state index contributed by atoms with van der Waals surface area (Å²) in [6, 6.07) is 14.1. The Hall–Kier alpha value is -3.97. The van der Waals surface area contributed by atoms with Gasteiger partial charge >= 0.3 is 0 Å². The van der Waals surface area contributed by atoms with Crippen LogP contribution < -0.4 is 24.3 Å². The molecule has 1 amide bonds. The third kappa shape index (κ3) is 6.52. The van der Waals surface area contributed by atoms with Gasteiger partial charge in [-0.1, -0.05) is 5.16 Å². The van der Waals surface area contributed by atoms with Crippen molar-refractivity contribution in [3.63, 3.8) is 0 Å². The molecule has 0 unspecified atom stereocenters. The number of ether oxygens (including phenoxy) is 4. The Labute approximate surface area is 205 Å². The molecule has 0 aliphatic heterocycles. The number of nitriles is 1. The summed E-state index contributed by atoms with van der Waals surface area (Å²) in [4.78, 5) is 12.4. The summed E-state index contributed by atoms with van der Waals surface area (Å²) in [5, 5.41) is 15.7. The maximum absolute atomic E-state index is 12.4. The van der Waals surface area contributed by atoms with Crippen LogP contribution in [-0.4, -0.2) is 38.5 Å². The number of methoxy groups -OCH3 is 2. The number of benzene rings is 2. The van der Waals surface area contributed by atoms with Crippen molar-refractivity contribution >= 4 is 33.7 Å². The van der Waals surface area contributed by atoms with Crippen molar-refractivity contribution < 1.29 is 28.3 Å². The van der Waals surface area contributed by atoms with Crippen LogP contribution in [0.5, 0.6) is 23.0 Å². The maximum atomic E-state index is 12.4. The lowest BCUT2D eigenvalue weighted by atomic mass is 10.1. The number of hydrogen-bond donors (Lipinski definition) is 1. The first-order valence-electron chi connectivity index (χ1n) is 10.1. The molecule has 0 spiro atoms. The number of carbonyl (C=O) groups is 1. The van der Waals surface area contributed by atoms with E-state index in [0.717, 1.165) is 5.75 Å². The third-order valence-electron chi connectivity index (χ3n) is 4.46. The van der Waals surface area contributed by atoms with E-state index in [-0.39, 0.29) is 18.0 Å². The molecule has 0 aliphatic carbocycles. The number of nitrogens with zero attached hydrogens (tertiary/aromatic N) is 2. The van der Waals surface area contributed by atoms with Crippen LogP contribution in [0, 0.1) is 18.3 Å². The van der Waals surface area contributed by atoms with Gasteiger partial charge in [0.15, 0.2) is 17.3 Å². The molecule has 0 fully saturated rings. The lowest BCUT2D eigenvalue weighted by Gasteiger charge is -2.14. The molecule has 1 heterocycles. The third-order valence-corrected chi connectivity index (χ3v) is 5.04.